The van der Waals surface area contributed by atoms with Crippen LogP contribution in [0.1, 0.15) is 30.3 Å². The smallest absolute Gasteiger partial charge is 0.225 e. The van der Waals surface area contributed by atoms with Gasteiger partial charge >= 0.3 is 0 Å². The van der Waals surface area contributed by atoms with Crippen molar-refractivity contribution in [3.05, 3.63) is 66.6 Å². The monoisotopic (exact) mass is 406 g/mol. The van der Waals surface area contributed by atoms with E-state index >= 15 is 0 Å². The molecule has 0 bridgehead atoms. The first kappa shape index (κ1) is 19.9. The summed E-state index contributed by atoms with van der Waals surface area (Å²) < 4.78 is 7.20. The first-order chi connectivity index (χ1) is 14.7. The van der Waals surface area contributed by atoms with Gasteiger partial charge in [-0.25, -0.2) is 9.97 Å². The van der Waals surface area contributed by atoms with Crippen molar-refractivity contribution in [2.24, 2.45) is 13.0 Å². The highest BCUT2D eigenvalue weighted by Crippen LogP contribution is 2.26. The Morgan fingerprint density at radius 3 is 2.70 bits per heavy atom. The lowest BCUT2D eigenvalue weighted by molar-refractivity contribution is -0.125. The van der Waals surface area contributed by atoms with Gasteiger partial charge in [0.2, 0.25) is 5.91 Å². The summed E-state index contributed by atoms with van der Waals surface area (Å²) >= 11 is 0. The number of ether oxygens (including phenoxy) is 1. The van der Waals surface area contributed by atoms with Crippen LogP contribution in [0.2, 0.25) is 0 Å². The van der Waals surface area contributed by atoms with Gasteiger partial charge in [0.25, 0.3) is 0 Å². The summed E-state index contributed by atoms with van der Waals surface area (Å²) in [4.78, 5) is 28.4. The molecule has 1 saturated heterocycles. The Labute approximate surface area is 175 Å². The average Bonchev–Trinajstić information content (AvgIpc) is 3.23. The third kappa shape index (κ3) is 4.27. The molecular formula is C22H26N6O2. The van der Waals surface area contributed by atoms with E-state index in [9.17, 15) is 4.79 Å². The molecule has 3 aromatic rings. The van der Waals surface area contributed by atoms with Crippen LogP contribution in [-0.2, 0) is 11.8 Å². The van der Waals surface area contributed by atoms with Crippen LogP contribution in [0, 0.1) is 5.92 Å². The van der Waals surface area contributed by atoms with E-state index in [-0.39, 0.29) is 17.9 Å². The van der Waals surface area contributed by atoms with Crippen LogP contribution in [0.25, 0.3) is 0 Å². The molecule has 0 aliphatic carbocycles. The molecule has 30 heavy (non-hydrogen) atoms. The minimum Gasteiger partial charge on any atom is -0.497 e. The molecule has 1 aliphatic heterocycles. The van der Waals surface area contributed by atoms with Crippen LogP contribution in [-0.4, -0.2) is 45.6 Å². The third-order valence-corrected chi connectivity index (χ3v) is 5.52. The average molecular weight is 406 g/mol. The van der Waals surface area contributed by atoms with E-state index in [2.05, 4.69) is 25.2 Å². The quantitative estimate of drug-likeness (QED) is 0.676. The Bertz CT molecular complexity index is 973. The molecular weight excluding hydrogens is 380 g/mol. The summed E-state index contributed by atoms with van der Waals surface area (Å²) in [5.41, 5.74) is 0.958. The summed E-state index contributed by atoms with van der Waals surface area (Å²) in [6.45, 7) is 1.50. The molecule has 0 spiro atoms. The number of anilines is 1. The lowest BCUT2D eigenvalue weighted by Crippen LogP contribution is -2.44. The summed E-state index contributed by atoms with van der Waals surface area (Å²) in [7, 11) is 3.57. The van der Waals surface area contributed by atoms with E-state index in [1.54, 1.807) is 31.9 Å². The molecule has 1 amide bonds. The van der Waals surface area contributed by atoms with Crippen molar-refractivity contribution in [2.75, 3.05) is 25.1 Å². The van der Waals surface area contributed by atoms with E-state index in [4.69, 9.17) is 4.74 Å². The van der Waals surface area contributed by atoms with E-state index in [1.807, 2.05) is 42.1 Å². The number of hydrogen-bond acceptors (Lipinski definition) is 6. The number of amides is 1. The second kappa shape index (κ2) is 8.94. The second-order valence-electron chi connectivity index (χ2n) is 7.46. The van der Waals surface area contributed by atoms with Gasteiger partial charge in [-0.3, -0.25) is 9.78 Å². The van der Waals surface area contributed by atoms with Gasteiger partial charge < -0.3 is 19.5 Å². The largest absolute Gasteiger partial charge is 0.497 e. The molecule has 2 atom stereocenters. The van der Waals surface area contributed by atoms with Gasteiger partial charge in [0.1, 0.15) is 23.4 Å². The zero-order chi connectivity index (χ0) is 20.9. The van der Waals surface area contributed by atoms with Crippen molar-refractivity contribution in [1.29, 1.82) is 0 Å². The van der Waals surface area contributed by atoms with E-state index < -0.39 is 0 Å². The maximum atomic E-state index is 13.3. The SMILES string of the molecule is COc1ccc([C@@H](NC(=O)[C@@H]2CCCN(c3cnccn3)C2)c2nccn2C)cc1. The van der Waals surface area contributed by atoms with Crippen molar-refractivity contribution >= 4 is 11.7 Å². The fraction of sp³-hybridized carbons (Fsp3) is 0.364. The van der Waals surface area contributed by atoms with E-state index in [1.165, 1.54) is 0 Å². The predicted octanol–water partition coefficient (Wildman–Crippen LogP) is 2.34. The molecule has 8 nitrogen and oxygen atoms in total. The molecule has 1 N–H and O–H groups in total. The van der Waals surface area contributed by atoms with Gasteiger partial charge in [-0.05, 0) is 30.5 Å². The van der Waals surface area contributed by atoms with Crippen LogP contribution in [0.4, 0.5) is 5.82 Å². The zero-order valence-electron chi connectivity index (χ0n) is 17.2. The van der Waals surface area contributed by atoms with Gasteiger partial charge in [0.05, 0.1) is 19.2 Å². The van der Waals surface area contributed by atoms with Crippen molar-refractivity contribution in [2.45, 2.75) is 18.9 Å². The van der Waals surface area contributed by atoms with E-state index in [0.29, 0.717) is 6.54 Å². The van der Waals surface area contributed by atoms with Crippen LogP contribution in [0.3, 0.4) is 0 Å². The number of hydrogen-bond donors (Lipinski definition) is 1. The topological polar surface area (TPSA) is 85.2 Å². The Morgan fingerprint density at radius 1 is 1.20 bits per heavy atom. The molecule has 156 valence electrons. The van der Waals surface area contributed by atoms with Gasteiger partial charge in [-0.1, -0.05) is 12.1 Å². The van der Waals surface area contributed by atoms with Gasteiger partial charge in [-0.15, -0.1) is 0 Å². The number of carbonyl (C=O) groups excluding carboxylic acids is 1. The Morgan fingerprint density at radius 2 is 2.03 bits per heavy atom. The third-order valence-electron chi connectivity index (χ3n) is 5.52. The molecule has 4 rings (SSSR count). The van der Waals surface area contributed by atoms with Crippen molar-refractivity contribution in [3.63, 3.8) is 0 Å². The maximum Gasteiger partial charge on any atom is 0.225 e. The zero-order valence-corrected chi connectivity index (χ0v) is 17.2. The summed E-state index contributed by atoms with van der Waals surface area (Å²) in [5, 5.41) is 3.23. The first-order valence-corrected chi connectivity index (χ1v) is 10.1. The maximum absolute atomic E-state index is 13.3. The molecule has 0 unspecified atom stereocenters. The number of carbonyl (C=O) groups is 1. The molecule has 1 fully saturated rings. The fourth-order valence-electron chi connectivity index (χ4n) is 3.86. The highest BCUT2D eigenvalue weighted by molar-refractivity contribution is 5.80. The van der Waals surface area contributed by atoms with Crippen molar-refractivity contribution < 1.29 is 9.53 Å². The van der Waals surface area contributed by atoms with Gasteiger partial charge in [0.15, 0.2) is 0 Å². The lowest BCUT2D eigenvalue weighted by atomic mass is 9.96. The molecule has 1 aromatic carbocycles. The number of methoxy groups -OCH3 is 1. The summed E-state index contributed by atoms with van der Waals surface area (Å²) in [6, 6.07) is 7.38. The normalized spacial score (nSPS) is 17.4. The number of benzene rings is 1. The summed E-state index contributed by atoms with van der Waals surface area (Å²) in [5.74, 6) is 2.27. The van der Waals surface area contributed by atoms with Crippen LogP contribution in [0.15, 0.2) is 55.2 Å². The number of aromatic nitrogens is 4. The number of nitrogens with zero attached hydrogens (tertiary/aromatic N) is 5. The molecule has 2 aromatic heterocycles. The molecule has 3 heterocycles. The number of nitrogens with one attached hydrogen (secondary N) is 1. The fourth-order valence-corrected chi connectivity index (χ4v) is 3.86. The minimum atomic E-state index is -0.338. The van der Waals surface area contributed by atoms with Crippen molar-refractivity contribution in [1.82, 2.24) is 24.8 Å². The number of rotatable bonds is 6. The van der Waals surface area contributed by atoms with Crippen LogP contribution >= 0.6 is 0 Å². The second-order valence-corrected chi connectivity index (χ2v) is 7.46. The van der Waals surface area contributed by atoms with Gasteiger partial charge in [-0.2, -0.15) is 0 Å². The van der Waals surface area contributed by atoms with Crippen molar-refractivity contribution in [3.8, 4) is 5.75 Å². The molecule has 1 aliphatic rings. The Balaban J connectivity index is 1.53. The minimum absolute atomic E-state index is 0.0207. The summed E-state index contributed by atoms with van der Waals surface area (Å²) in [6.07, 6.45) is 10.5. The van der Waals surface area contributed by atoms with Crippen LogP contribution in [0.5, 0.6) is 5.75 Å². The Kier molecular flexibility index (Phi) is 5.92. The lowest BCUT2D eigenvalue weighted by Gasteiger charge is -2.33. The Hall–Kier alpha value is -3.42. The molecule has 8 heteroatoms. The highest BCUT2D eigenvalue weighted by Gasteiger charge is 2.30. The predicted molar refractivity (Wildman–Crippen MR) is 113 cm³/mol. The standard InChI is InChI=1S/C22H26N6O2/c1-27-13-11-25-21(27)20(16-5-7-18(30-2)8-6-16)26-22(29)17-4-3-12-28(15-17)19-14-23-9-10-24-19/h5-11,13-14,17,20H,3-4,12,15H2,1-2H3,(H,26,29)/t17-,20-/m1/s1. The number of imidazole rings is 1. The molecule has 0 saturated carbocycles. The van der Waals surface area contributed by atoms with E-state index in [0.717, 1.165) is 42.3 Å². The van der Waals surface area contributed by atoms with Gasteiger partial charge in [0, 0.05) is 44.9 Å². The first-order valence-electron chi connectivity index (χ1n) is 10.1. The highest BCUT2D eigenvalue weighted by atomic mass is 16.5. The molecule has 0 radical (unpaired) electrons. The van der Waals surface area contributed by atoms with Crippen LogP contribution < -0.4 is 15.0 Å². The number of aryl methyl sites for hydroxylation is 1. The number of piperidine rings is 1.